The second-order valence-electron chi connectivity index (χ2n) is 4.18. The van der Waals surface area contributed by atoms with Gasteiger partial charge < -0.3 is 9.52 Å². The largest absolute Gasteiger partial charge is 0.478 e. The maximum absolute atomic E-state index is 11.5. The summed E-state index contributed by atoms with van der Waals surface area (Å²) in [5, 5.41) is 9.62. The van der Waals surface area contributed by atoms with Crippen LogP contribution in [-0.2, 0) is 0 Å². The molecule has 1 aromatic carbocycles. The molecule has 1 aromatic heterocycles. The Labute approximate surface area is 108 Å². The Bertz CT molecular complexity index is 642. The zero-order chi connectivity index (χ0) is 14.2. The standard InChI is InChI=1S/C14H12O5/c1-3-11(16)13-5-8-4-9(7(2)15)10(14(17)18)6-12(8)19-13/h4-6H,3H2,1-2H3,(H,17,18). The zero-order valence-corrected chi connectivity index (χ0v) is 10.5. The summed E-state index contributed by atoms with van der Waals surface area (Å²) in [7, 11) is 0. The van der Waals surface area contributed by atoms with E-state index in [1.807, 2.05) is 0 Å². The van der Waals surface area contributed by atoms with Gasteiger partial charge in [0.15, 0.2) is 17.3 Å². The molecular formula is C14H12O5. The van der Waals surface area contributed by atoms with Crippen LogP contribution in [0.5, 0.6) is 0 Å². The van der Waals surface area contributed by atoms with Crippen LogP contribution in [-0.4, -0.2) is 22.6 Å². The monoisotopic (exact) mass is 260 g/mol. The van der Waals surface area contributed by atoms with Gasteiger partial charge in [-0.05, 0) is 25.1 Å². The topological polar surface area (TPSA) is 84.6 Å². The Morgan fingerprint density at radius 2 is 1.84 bits per heavy atom. The van der Waals surface area contributed by atoms with Gasteiger partial charge in [0.05, 0.1) is 5.56 Å². The fourth-order valence-electron chi connectivity index (χ4n) is 1.87. The Balaban J connectivity index is 2.69. The highest BCUT2D eigenvalue weighted by Gasteiger charge is 2.18. The van der Waals surface area contributed by atoms with E-state index in [0.717, 1.165) is 0 Å². The third-order valence-corrected chi connectivity index (χ3v) is 2.86. The number of carbonyl (C=O) groups is 3. The summed E-state index contributed by atoms with van der Waals surface area (Å²) >= 11 is 0. The molecule has 98 valence electrons. The van der Waals surface area contributed by atoms with Crippen molar-refractivity contribution >= 4 is 28.5 Å². The molecule has 0 atom stereocenters. The van der Waals surface area contributed by atoms with Crippen LogP contribution in [0.3, 0.4) is 0 Å². The van der Waals surface area contributed by atoms with Crippen molar-refractivity contribution < 1.29 is 23.9 Å². The minimum atomic E-state index is -1.20. The molecule has 0 saturated carbocycles. The molecule has 5 nitrogen and oxygen atoms in total. The van der Waals surface area contributed by atoms with Gasteiger partial charge in [-0.25, -0.2) is 4.79 Å². The first kappa shape index (κ1) is 13.0. The predicted octanol–water partition coefficient (Wildman–Crippen LogP) is 2.93. The van der Waals surface area contributed by atoms with Gasteiger partial charge >= 0.3 is 5.97 Å². The number of carboxylic acids is 1. The highest BCUT2D eigenvalue weighted by Crippen LogP contribution is 2.25. The number of hydrogen-bond acceptors (Lipinski definition) is 4. The van der Waals surface area contributed by atoms with Crippen LogP contribution < -0.4 is 0 Å². The first-order valence-corrected chi connectivity index (χ1v) is 5.79. The van der Waals surface area contributed by atoms with Crippen molar-refractivity contribution in [1.82, 2.24) is 0 Å². The van der Waals surface area contributed by atoms with E-state index in [2.05, 4.69) is 0 Å². The molecule has 19 heavy (non-hydrogen) atoms. The van der Waals surface area contributed by atoms with E-state index in [4.69, 9.17) is 9.52 Å². The minimum Gasteiger partial charge on any atom is -0.478 e. The molecule has 0 aliphatic rings. The third-order valence-electron chi connectivity index (χ3n) is 2.86. The Kier molecular flexibility index (Phi) is 3.21. The van der Waals surface area contributed by atoms with Gasteiger partial charge in [0.1, 0.15) is 5.58 Å². The maximum atomic E-state index is 11.5. The number of Topliss-reactive ketones (excluding diaryl/α,β-unsaturated/α-hetero) is 2. The van der Waals surface area contributed by atoms with Gasteiger partial charge in [-0.1, -0.05) is 6.92 Å². The van der Waals surface area contributed by atoms with Crippen molar-refractivity contribution in [3.05, 3.63) is 35.1 Å². The van der Waals surface area contributed by atoms with Crippen LogP contribution in [0.25, 0.3) is 11.0 Å². The summed E-state index contributed by atoms with van der Waals surface area (Å²) in [6, 6.07) is 4.25. The highest BCUT2D eigenvalue weighted by molar-refractivity contribution is 6.08. The Morgan fingerprint density at radius 3 is 2.37 bits per heavy atom. The molecule has 0 spiro atoms. The molecule has 0 bridgehead atoms. The highest BCUT2D eigenvalue weighted by atomic mass is 16.4. The summed E-state index contributed by atoms with van der Waals surface area (Å²) in [4.78, 5) is 34.1. The van der Waals surface area contributed by atoms with Crippen molar-refractivity contribution in [3.8, 4) is 0 Å². The first-order chi connectivity index (χ1) is 8.93. The van der Waals surface area contributed by atoms with E-state index in [1.54, 1.807) is 6.92 Å². The zero-order valence-electron chi connectivity index (χ0n) is 10.5. The molecule has 5 heteroatoms. The fraction of sp³-hybridized carbons (Fsp3) is 0.214. The van der Waals surface area contributed by atoms with E-state index >= 15 is 0 Å². The lowest BCUT2D eigenvalue weighted by atomic mass is 10.0. The molecule has 0 amide bonds. The van der Waals surface area contributed by atoms with Crippen LogP contribution in [0.2, 0.25) is 0 Å². The molecule has 0 unspecified atom stereocenters. The molecule has 0 aliphatic carbocycles. The maximum Gasteiger partial charge on any atom is 0.336 e. The number of carbonyl (C=O) groups excluding carboxylic acids is 2. The smallest absolute Gasteiger partial charge is 0.336 e. The molecular weight excluding hydrogens is 248 g/mol. The van der Waals surface area contributed by atoms with Crippen molar-refractivity contribution in [2.45, 2.75) is 20.3 Å². The number of ketones is 2. The van der Waals surface area contributed by atoms with Gasteiger partial charge in [0, 0.05) is 17.4 Å². The average Bonchev–Trinajstić information content (AvgIpc) is 2.78. The molecule has 1 N–H and O–H groups in total. The molecule has 2 aromatic rings. The minimum absolute atomic E-state index is 0.108. The van der Waals surface area contributed by atoms with Crippen LogP contribution in [0.1, 0.15) is 51.5 Å². The van der Waals surface area contributed by atoms with Crippen LogP contribution in [0, 0.1) is 0 Å². The Morgan fingerprint density at radius 1 is 1.16 bits per heavy atom. The van der Waals surface area contributed by atoms with Gasteiger partial charge in [0.25, 0.3) is 0 Å². The lowest BCUT2D eigenvalue weighted by molar-refractivity contribution is 0.0692. The summed E-state index contributed by atoms with van der Waals surface area (Å²) in [5.74, 6) is -1.54. The second-order valence-corrected chi connectivity index (χ2v) is 4.18. The predicted molar refractivity (Wildman–Crippen MR) is 67.8 cm³/mol. The van der Waals surface area contributed by atoms with Crippen LogP contribution >= 0.6 is 0 Å². The lowest BCUT2D eigenvalue weighted by Gasteiger charge is -2.01. The number of aromatic carboxylic acids is 1. The Hall–Kier alpha value is -2.43. The quantitative estimate of drug-likeness (QED) is 0.854. The summed E-state index contributed by atoms with van der Waals surface area (Å²) < 4.78 is 5.32. The summed E-state index contributed by atoms with van der Waals surface area (Å²) in [6.07, 6.45) is 0.297. The summed E-state index contributed by atoms with van der Waals surface area (Å²) in [5.41, 5.74) is 0.278. The molecule has 0 fully saturated rings. The van der Waals surface area contributed by atoms with Crippen molar-refractivity contribution in [3.63, 3.8) is 0 Å². The molecule has 0 radical (unpaired) electrons. The normalized spacial score (nSPS) is 10.6. The van der Waals surface area contributed by atoms with E-state index < -0.39 is 5.97 Å². The number of carboxylic acid groups (broad SMARTS) is 1. The van der Waals surface area contributed by atoms with E-state index in [-0.39, 0.29) is 28.5 Å². The van der Waals surface area contributed by atoms with Crippen LogP contribution in [0.4, 0.5) is 0 Å². The van der Waals surface area contributed by atoms with Crippen molar-refractivity contribution in [2.24, 2.45) is 0 Å². The molecule has 1 heterocycles. The molecule has 0 aliphatic heterocycles. The van der Waals surface area contributed by atoms with E-state index in [0.29, 0.717) is 17.4 Å². The second kappa shape index (κ2) is 4.68. The fourth-order valence-corrected chi connectivity index (χ4v) is 1.87. The van der Waals surface area contributed by atoms with Gasteiger partial charge in [-0.2, -0.15) is 0 Å². The van der Waals surface area contributed by atoms with Crippen molar-refractivity contribution in [1.29, 1.82) is 0 Å². The summed E-state index contributed by atoms with van der Waals surface area (Å²) in [6.45, 7) is 3.00. The van der Waals surface area contributed by atoms with E-state index in [9.17, 15) is 14.4 Å². The first-order valence-electron chi connectivity index (χ1n) is 5.79. The average molecular weight is 260 g/mol. The van der Waals surface area contributed by atoms with Gasteiger partial charge in [-0.15, -0.1) is 0 Å². The number of rotatable bonds is 4. The SMILES string of the molecule is CCC(=O)c1cc2cc(C(C)=O)c(C(=O)O)cc2o1. The number of furan rings is 1. The molecule has 2 rings (SSSR count). The third kappa shape index (κ3) is 2.27. The molecule has 0 saturated heterocycles. The lowest BCUT2D eigenvalue weighted by Crippen LogP contribution is -2.05. The number of benzene rings is 1. The van der Waals surface area contributed by atoms with Gasteiger partial charge in [0.2, 0.25) is 0 Å². The number of fused-ring (bicyclic) bond motifs is 1. The van der Waals surface area contributed by atoms with E-state index in [1.165, 1.54) is 25.1 Å². The van der Waals surface area contributed by atoms with Crippen molar-refractivity contribution in [2.75, 3.05) is 0 Å². The number of hydrogen-bond donors (Lipinski definition) is 1. The van der Waals surface area contributed by atoms with Crippen LogP contribution in [0.15, 0.2) is 22.6 Å². The van der Waals surface area contributed by atoms with Gasteiger partial charge in [-0.3, -0.25) is 9.59 Å².